The second-order valence-corrected chi connectivity index (χ2v) is 4.36. The average Bonchev–Trinajstić information content (AvgIpc) is 2.29. The molecule has 0 bridgehead atoms. The van der Waals surface area contributed by atoms with Crippen LogP contribution in [0.1, 0.15) is 12.0 Å². The van der Waals surface area contributed by atoms with Gasteiger partial charge in [-0.05, 0) is 23.8 Å². The first kappa shape index (κ1) is 11.2. The Kier molecular flexibility index (Phi) is 3.03. The third kappa shape index (κ3) is 2.13. The number of hydrogen-bond acceptors (Lipinski definition) is 2. The van der Waals surface area contributed by atoms with Crippen LogP contribution in [-0.2, 0) is 10.3 Å². The zero-order valence-electron chi connectivity index (χ0n) is 9.11. The number of hydrogen-bond donors (Lipinski definition) is 1. The lowest BCUT2D eigenvalue weighted by Crippen LogP contribution is -2.36. The molecule has 84 valence electrons. The molecule has 0 radical (unpaired) electrons. The van der Waals surface area contributed by atoms with Gasteiger partial charge in [-0.15, -0.1) is 0 Å². The molecule has 1 aliphatic rings. The lowest BCUT2D eigenvalue weighted by atomic mass is 9.84. The Morgan fingerprint density at radius 1 is 1.31 bits per heavy atom. The van der Waals surface area contributed by atoms with Gasteiger partial charge in [0.15, 0.2) is 0 Å². The van der Waals surface area contributed by atoms with E-state index in [1.54, 1.807) is 7.11 Å². The minimum Gasteiger partial charge on any atom is -0.501 e. The quantitative estimate of drug-likeness (QED) is 0.856. The Balaban J connectivity index is 2.30. The lowest BCUT2D eigenvalue weighted by Gasteiger charge is -2.29. The number of nitrogens with two attached hydrogens (primary N) is 1. The summed E-state index contributed by atoms with van der Waals surface area (Å²) >= 11 is 5.86. The monoisotopic (exact) mass is 235 g/mol. The van der Waals surface area contributed by atoms with E-state index in [1.165, 1.54) is 0 Å². The summed E-state index contributed by atoms with van der Waals surface area (Å²) < 4.78 is 5.24. The van der Waals surface area contributed by atoms with Crippen molar-refractivity contribution in [2.24, 2.45) is 5.73 Å². The molecule has 3 heteroatoms. The van der Waals surface area contributed by atoms with Gasteiger partial charge in [0.05, 0.1) is 18.4 Å². The van der Waals surface area contributed by atoms with E-state index in [0.717, 1.165) is 16.3 Å². The predicted octanol–water partition coefficient (Wildman–Crippen LogP) is 2.98. The summed E-state index contributed by atoms with van der Waals surface area (Å²) in [5.74, 6) is 0.889. The highest BCUT2D eigenvalue weighted by Crippen LogP contribution is 2.31. The Morgan fingerprint density at radius 2 is 2.00 bits per heavy atom. The van der Waals surface area contributed by atoms with E-state index in [4.69, 9.17) is 22.1 Å². The molecule has 0 saturated carbocycles. The van der Waals surface area contributed by atoms with Crippen LogP contribution in [0.25, 0.3) is 0 Å². The largest absolute Gasteiger partial charge is 0.501 e. The molecule has 2 nitrogen and oxygen atoms in total. The van der Waals surface area contributed by atoms with Crippen molar-refractivity contribution in [3.8, 4) is 0 Å². The summed E-state index contributed by atoms with van der Waals surface area (Å²) in [6.45, 7) is 0. The molecule has 2 N–H and O–H groups in total. The normalized spacial score (nSPS) is 24.1. The highest BCUT2D eigenvalue weighted by atomic mass is 35.5. The van der Waals surface area contributed by atoms with Gasteiger partial charge < -0.3 is 10.5 Å². The fourth-order valence-corrected chi connectivity index (χ4v) is 1.96. The zero-order valence-corrected chi connectivity index (χ0v) is 9.87. The van der Waals surface area contributed by atoms with Gasteiger partial charge in [-0.2, -0.15) is 0 Å². The second kappa shape index (κ2) is 4.32. The van der Waals surface area contributed by atoms with Crippen molar-refractivity contribution < 1.29 is 4.74 Å². The third-order valence-corrected chi connectivity index (χ3v) is 3.04. The van der Waals surface area contributed by atoms with E-state index in [-0.39, 0.29) is 0 Å². The molecule has 0 saturated heterocycles. The number of halogens is 1. The number of ether oxygens (including phenoxy) is 1. The maximum absolute atomic E-state index is 6.35. The first-order valence-corrected chi connectivity index (χ1v) is 5.49. The Labute approximate surface area is 100 Å². The minimum absolute atomic E-state index is 0.495. The molecule has 0 heterocycles. The maximum atomic E-state index is 6.35. The van der Waals surface area contributed by atoms with Crippen molar-refractivity contribution in [1.82, 2.24) is 0 Å². The smallest absolute Gasteiger partial charge is 0.0980 e. The van der Waals surface area contributed by atoms with E-state index in [1.807, 2.05) is 42.5 Å². The SMILES string of the molecule is COC1=CC=CC(N)(c2ccc(Cl)cc2)C1. The number of rotatable bonds is 2. The summed E-state index contributed by atoms with van der Waals surface area (Å²) in [7, 11) is 1.66. The zero-order chi connectivity index (χ0) is 11.6. The number of methoxy groups -OCH3 is 1. The van der Waals surface area contributed by atoms with Crippen LogP contribution in [0.15, 0.2) is 48.3 Å². The summed E-state index contributed by atoms with van der Waals surface area (Å²) in [5, 5.41) is 0.717. The Hall–Kier alpha value is -1.25. The molecule has 1 aromatic rings. The molecule has 0 aliphatic heterocycles. The van der Waals surface area contributed by atoms with Crippen LogP contribution in [0.5, 0.6) is 0 Å². The van der Waals surface area contributed by atoms with E-state index >= 15 is 0 Å². The van der Waals surface area contributed by atoms with E-state index in [0.29, 0.717) is 6.42 Å². The van der Waals surface area contributed by atoms with Crippen LogP contribution < -0.4 is 5.73 Å². The summed E-state index contributed by atoms with van der Waals surface area (Å²) in [5.41, 5.74) is 6.89. The molecular formula is C13H14ClNO. The first-order chi connectivity index (χ1) is 7.64. The third-order valence-electron chi connectivity index (χ3n) is 2.79. The highest BCUT2D eigenvalue weighted by Gasteiger charge is 2.27. The average molecular weight is 236 g/mol. The first-order valence-electron chi connectivity index (χ1n) is 5.11. The lowest BCUT2D eigenvalue weighted by molar-refractivity contribution is 0.257. The standard InChI is InChI=1S/C13H14ClNO/c1-16-12-3-2-8-13(15,9-12)10-4-6-11(14)7-5-10/h2-8H,9,15H2,1H3. The van der Waals surface area contributed by atoms with Crippen LogP contribution in [0, 0.1) is 0 Å². The topological polar surface area (TPSA) is 35.2 Å². The maximum Gasteiger partial charge on any atom is 0.0980 e. The van der Waals surface area contributed by atoms with Crippen LogP contribution in [0.4, 0.5) is 0 Å². The summed E-state index contributed by atoms with van der Waals surface area (Å²) in [6, 6.07) is 7.60. The highest BCUT2D eigenvalue weighted by molar-refractivity contribution is 6.30. The van der Waals surface area contributed by atoms with Crippen molar-refractivity contribution in [2.45, 2.75) is 12.0 Å². The van der Waals surface area contributed by atoms with E-state index in [2.05, 4.69) is 0 Å². The van der Waals surface area contributed by atoms with Crippen LogP contribution in [-0.4, -0.2) is 7.11 Å². The van der Waals surface area contributed by atoms with Gasteiger partial charge in [-0.3, -0.25) is 0 Å². The fourth-order valence-electron chi connectivity index (χ4n) is 1.83. The Morgan fingerprint density at radius 3 is 2.62 bits per heavy atom. The summed E-state index contributed by atoms with van der Waals surface area (Å²) in [4.78, 5) is 0. The van der Waals surface area contributed by atoms with Crippen molar-refractivity contribution in [3.63, 3.8) is 0 Å². The van der Waals surface area contributed by atoms with Crippen molar-refractivity contribution in [1.29, 1.82) is 0 Å². The van der Waals surface area contributed by atoms with Crippen LogP contribution in [0.2, 0.25) is 5.02 Å². The van der Waals surface area contributed by atoms with Gasteiger partial charge in [-0.25, -0.2) is 0 Å². The van der Waals surface area contributed by atoms with E-state index in [9.17, 15) is 0 Å². The number of benzene rings is 1. The van der Waals surface area contributed by atoms with Gasteiger partial charge in [0.25, 0.3) is 0 Å². The minimum atomic E-state index is -0.495. The number of allylic oxidation sites excluding steroid dienone is 2. The molecule has 0 spiro atoms. The fraction of sp³-hybridized carbons (Fsp3) is 0.231. The molecule has 1 unspecified atom stereocenters. The van der Waals surface area contributed by atoms with Gasteiger partial charge >= 0.3 is 0 Å². The molecule has 1 aromatic carbocycles. The van der Waals surface area contributed by atoms with Crippen molar-refractivity contribution in [3.05, 3.63) is 58.8 Å². The molecule has 2 rings (SSSR count). The Bertz CT molecular complexity index is 436. The van der Waals surface area contributed by atoms with Crippen molar-refractivity contribution in [2.75, 3.05) is 7.11 Å². The second-order valence-electron chi connectivity index (χ2n) is 3.92. The van der Waals surface area contributed by atoms with Crippen molar-refractivity contribution >= 4 is 11.6 Å². The summed E-state index contributed by atoms with van der Waals surface area (Å²) in [6.07, 6.45) is 6.51. The molecule has 1 aliphatic carbocycles. The molecule has 1 atom stereocenters. The molecule has 0 amide bonds. The predicted molar refractivity (Wildman–Crippen MR) is 66.2 cm³/mol. The van der Waals surface area contributed by atoms with Crippen LogP contribution >= 0.6 is 11.6 Å². The van der Waals surface area contributed by atoms with Crippen LogP contribution in [0.3, 0.4) is 0 Å². The molecule has 0 fully saturated rings. The molecule has 16 heavy (non-hydrogen) atoms. The van der Waals surface area contributed by atoms with Gasteiger partial charge in [0.2, 0.25) is 0 Å². The van der Waals surface area contributed by atoms with Gasteiger partial charge in [0, 0.05) is 11.4 Å². The van der Waals surface area contributed by atoms with Gasteiger partial charge in [-0.1, -0.05) is 35.9 Å². The molecular weight excluding hydrogens is 222 g/mol. The molecule has 0 aromatic heterocycles. The van der Waals surface area contributed by atoms with E-state index < -0.39 is 5.54 Å². The van der Waals surface area contributed by atoms with Gasteiger partial charge in [0.1, 0.15) is 0 Å².